The predicted molar refractivity (Wildman–Crippen MR) is 108 cm³/mol. The van der Waals surface area contributed by atoms with E-state index in [4.69, 9.17) is 10.5 Å². The van der Waals surface area contributed by atoms with Crippen LogP contribution in [0.25, 0.3) is 11.0 Å². The molecule has 0 saturated carbocycles. The molecule has 0 radical (unpaired) electrons. The van der Waals surface area contributed by atoms with E-state index >= 15 is 0 Å². The Labute approximate surface area is 169 Å². The smallest absolute Gasteiger partial charge is 0.410 e. The number of aromatic nitrogens is 2. The van der Waals surface area contributed by atoms with Crippen LogP contribution in [-0.4, -0.2) is 69.0 Å². The van der Waals surface area contributed by atoms with E-state index in [-0.39, 0.29) is 29.4 Å². The number of aromatic amines is 1. The fourth-order valence-electron chi connectivity index (χ4n) is 3.43. The van der Waals surface area contributed by atoms with Crippen LogP contribution in [0.3, 0.4) is 0 Å². The first-order valence-electron chi connectivity index (χ1n) is 9.68. The van der Waals surface area contributed by atoms with Gasteiger partial charge >= 0.3 is 6.09 Å². The van der Waals surface area contributed by atoms with E-state index < -0.39 is 11.5 Å². The van der Waals surface area contributed by atoms with Gasteiger partial charge in [0.15, 0.2) is 5.82 Å². The number of amides is 3. The number of rotatable bonds is 3. The molecule has 9 nitrogen and oxygen atoms in total. The molecule has 3 rings (SSSR count). The van der Waals surface area contributed by atoms with Crippen LogP contribution in [0.4, 0.5) is 4.79 Å². The number of primary amides is 1. The average molecular weight is 401 g/mol. The van der Waals surface area contributed by atoms with Crippen LogP contribution in [0.15, 0.2) is 18.2 Å². The minimum absolute atomic E-state index is 0.145. The Kier molecular flexibility index (Phi) is 5.50. The molecular weight excluding hydrogens is 374 g/mol. The van der Waals surface area contributed by atoms with Crippen molar-refractivity contribution in [2.24, 2.45) is 5.73 Å². The van der Waals surface area contributed by atoms with E-state index in [1.54, 1.807) is 28.0 Å². The number of fused-ring (bicyclic) bond motifs is 1. The lowest BCUT2D eigenvalue weighted by Crippen LogP contribution is -2.57. The molecular formula is C20H27N5O4. The molecule has 0 bridgehead atoms. The summed E-state index contributed by atoms with van der Waals surface area (Å²) < 4.78 is 5.49. The van der Waals surface area contributed by atoms with Gasteiger partial charge in [-0.1, -0.05) is 13.0 Å². The molecule has 2 heterocycles. The van der Waals surface area contributed by atoms with Crippen molar-refractivity contribution in [1.82, 2.24) is 19.8 Å². The number of H-pyrrole nitrogens is 1. The van der Waals surface area contributed by atoms with Gasteiger partial charge in [-0.05, 0) is 39.3 Å². The lowest BCUT2D eigenvalue weighted by Gasteiger charge is -2.41. The van der Waals surface area contributed by atoms with Gasteiger partial charge in [-0.2, -0.15) is 0 Å². The first kappa shape index (κ1) is 20.6. The second kappa shape index (κ2) is 7.73. The monoisotopic (exact) mass is 401 g/mol. The topological polar surface area (TPSA) is 122 Å². The first-order chi connectivity index (χ1) is 13.6. The minimum Gasteiger partial charge on any atom is -0.444 e. The third-order valence-corrected chi connectivity index (χ3v) is 4.85. The van der Waals surface area contributed by atoms with Crippen molar-refractivity contribution in [2.75, 3.05) is 19.6 Å². The summed E-state index contributed by atoms with van der Waals surface area (Å²) in [6.45, 7) is 8.58. The van der Waals surface area contributed by atoms with Crippen molar-refractivity contribution in [1.29, 1.82) is 0 Å². The fourth-order valence-corrected chi connectivity index (χ4v) is 3.43. The first-order valence-corrected chi connectivity index (χ1v) is 9.68. The van der Waals surface area contributed by atoms with E-state index in [0.717, 1.165) is 0 Å². The molecule has 156 valence electrons. The summed E-state index contributed by atoms with van der Waals surface area (Å²) in [7, 11) is 0. The summed E-state index contributed by atoms with van der Waals surface area (Å²) in [5, 5.41) is 0. The van der Waals surface area contributed by atoms with Gasteiger partial charge < -0.3 is 25.3 Å². The number of carbonyl (C=O) groups excluding carboxylic acids is 3. The second-order valence-electron chi connectivity index (χ2n) is 8.14. The Hall–Kier alpha value is -3.10. The SMILES string of the molecule is CC[C@@H]1CN(C(=O)c2nc3c(C(N)=O)cccc3[nH]2)CCN1C(=O)OC(C)(C)C. The van der Waals surface area contributed by atoms with E-state index in [1.807, 2.05) is 27.7 Å². The molecule has 1 atom stereocenters. The maximum Gasteiger partial charge on any atom is 0.410 e. The van der Waals surface area contributed by atoms with Gasteiger partial charge in [0.25, 0.3) is 11.8 Å². The van der Waals surface area contributed by atoms with Gasteiger partial charge in [-0.15, -0.1) is 0 Å². The molecule has 9 heteroatoms. The predicted octanol–water partition coefficient (Wildman–Crippen LogP) is 2.13. The van der Waals surface area contributed by atoms with Gasteiger partial charge in [0.2, 0.25) is 0 Å². The normalized spacial score (nSPS) is 17.4. The van der Waals surface area contributed by atoms with Gasteiger partial charge in [0, 0.05) is 19.6 Å². The van der Waals surface area contributed by atoms with Crippen molar-refractivity contribution in [3.05, 3.63) is 29.6 Å². The maximum absolute atomic E-state index is 13.0. The van der Waals surface area contributed by atoms with Crippen molar-refractivity contribution < 1.29 is 19.1 Å². The third-order valence-electron chi connectivity index (χ3n) is 4.85. The Morgan fingerprint density at radius 3 is 2.62 bits per heavy atom. The highest BCUT2D eigenvalue weighted by atomic mass is 16.6. The van der Waals surface area contributed by atoms with Crippen LogP contribution in [0.5, 0.6) is 0 Å². The number of hydrogen-bond acceptors (Lipinski definition) is 5. The zero-order valence-electron chi connectivity index (χ0n) is 17.2. The number of benzene rings is 1. The fraction of sp³-hybridized carbons (Fsp3) is 0.500. The van der Waals surface area contributed by atoms with Crippen LogP contribution >= 0.6 is 0 Å². The molecule has 1 saturated heterocycles. The molecule has 1 aliphatic heterocycles. The molecule has 1 aromatic carbocycles. The molecule has 3 N–H and O–H groups in total. The largest absolute Gasteiger partial charge is 0.444 e. The van der Waals surface area contributed by atoms with Crippen molar-refractivity contribution in [3.63, 3.8) is 0 Å². The molecule has 3 amide bonds. The second-order valence-corrected chi connectivity index (χ2v) is 8.14. The Morgan fingerprint density at radius 2 is 2.00 bits per heavy atom. The molecule has 2 aromatic rings. The standard InChI is InChI=1S/C20H27N5O4/c1-5-12-11-24(9-10-25(12)19(28)29-20(2,3)4)18(27)17-22-14-8-6-7-13(16(21)26)15(14)23-17/h6-8,12H,5,9-11H2,1-4H3,(H2,21,26)(H,22,23)/t12-/m1/s1. The van der Waals surface area contributed by atoms with E-state index in [0.29, 0.717) is 37.1 Å². The van der Waals surface area contributed by atoms with Crippen LogP contribution < -0.4 is 5.73 Å². The number of imidazole rings is 1. The highest BCUT2D eigenvalue weighted by molar-refractivity contribution is 6.05. The Bertz CT molecular complexity index is 946. The lowest BCUT2D eigenvalue weighted by molar-refractivity contribution is -0.00135. The zero-order chi connectivity index (χ0) is 21.3. The number of nitrogens with one attached hydrogen (secondary N) is 1. The molecule has 0 aliphatic carbocycles. The number of hydrogen-bond donors (Lipinski definition) is 2. The van der Waals surface area contributed by atoms with E-state index in [1.165, 1.54) is 0 Å². The average Bonchev–Trinajstić information content (AvgIpc) is 3.09. The Balaban J connectivity index is 1.78. The summed E-state index contributed by atoms with van der Waals surface area (Å²) >= 11 is 0. The lowest BCUT2D eigenvalue weighted by atomic mass is 10.1. The van der Waals surface area contributed by atoms with Gasteiger partial charge in [0.1, 0.15) is 11.1 Å². The number of para-hydroxylation sites is 1. The summed E-state index contributed by atoms with van der Waals surface area (Å²) in [5.41, 5.74) is 6.03. The highest BCUT2D eigenvalue weighted by Gasteiger charge is 2.35. The van der Waals surface area contributed by atoms with Crippen LogP contribution in [0.2, 0.25) is 0 Å². The van der Waals surface area contributed by atoms with Crippen molar-refractivity contribution in [2.45, 2.75) is 45.8 Å². The van der Waals surface area contributed by atoms with Crippen LogP contribution in [-0.2, 0) is 4.74 Å². The zero-order valence-corrected chi connectivity index (χ0v) is 17.2. The van der Waals surface area contributed by atoms with Gasteiger partial charge in [-0.3, -0.25) is 9.59 Å². The van der Waals surface area contributed by atoms with Crippen LogP contribution in [0.1, 0.15) is 55.1 Å². The molecule has 1 fully saturated rings. The molecule has 1 aromatic heterocycles. The summed E-state index contributed by atoms with van der Waals surface area (Å²) in [4.78, 5) is 47.7. The summed E-state index contributed by atoms with van der Waals surface area (Å²) in [5.74, 6) is -0.730. The Morgan fingerprint density at radius 1 is 1.28 bits per heavy atom. The van der Waals surface area contributed by atoms with Crippen molar-refractivity contribution in [3.8, 4) is 0 Å². The number of nitrogens with zero attached hydrogens (tertiary/aromatic N) is 3. The van der Waals surface area contributed by atoms with Gasteiger partial charge in [-0.25, -0.2) is 9.78 Å². The number of nitrogens with two attached hydrogens (primary N) is 1. The molecule has 0 unspecified atom stereocenters. The van der Waals surface area contributed by atoms with E-state index in [9.17, 15) is 14.4 Å². The highest BCUT2D eigenvalue weighted by Crippen LogP contribution is 2.21. The number of ether oxygens (including phenoxy) is 1. The molecule has 29 heavy (non-hydrogen) atoms. The summed E-state index contributed by atoms with van der Waals surface area (Å²) in [6.07, 6.45) is 0.320. The quantitative estimate of drug-likeness (QED) is 0.816. The maximum atomic E-state index is 13.0. The third kappa shape index (κ3) is 4.33. The number of carbonyl (C=O) groups is 3. The molecule has 1 aliphatic rings. The minimum atomic E-state index is -0.599. The van der Waals surface area contributed by atoms with E-state index in [2.05, 4.69) is 9.97 Å². The summed E-state index contributed by atoms with van der Waals surface area (Å²) in [6, 6.07) is 4.85. The van der Waals surface area contributed by atoms with Crippen LogP contribution in [0, 0.1) is 0 Å². The van der Waals surface area contributed by atoms with Gasteiger partial charge in [0.05, 0.1) is 17.1 Å². The number of piperazine rings is 1. The molecule has 0 spiro atoms. The van der Waals surface area contributed by atoms with Crippen molar-refractivity contribution >= 4 is 28.9 Å².